The molecule has 10 nitrogen and oxygen atoms in total. The number of aliphatic hydroxyl groups excluding tert-OH is 7. The Morgan fingerprint density at radius 3 is 1.85 bits per heavy atom. The fraction of sp³-hybridized carbons (Fsp3) is 0.800. The van der Waals surface area contributed by atoms with Gasteiger partial charge in [0.05, 0.1) is 13.2 Å². The van der Waals surface area contributed by atoms with Crippen molar-refractivity contribution in [2.45, 2.75) is 36.6 Å². The van der Waals surface area contributed by atoms with Gasteiger partial charge in [0.15, 0.2) is 18.5 Å². The Hall–Kier alpha value is -1.14. The van der Waals surface area contributed by atoms with E-state index in [0.717, 1.165) is 0 Å². The van der Waals surface area contributed by atoms with Crippen LogP contribution in [0.25, 0.3) is 0 Å². The maximum absolute atomic E-state index is 11.4. The lowest BCUT2D eigenvalue weighted by Crippen LogP contribution is -2.50. The minimum atomic E-state index is -2.33. The molecule has 0 aromatic carbocycles. The summed E-state index contributed by atoms with van der Waals surface area (Å²) < 4.78 is 4.32. The minimum absolute atomic E-state index is 0.00309. The maximum Gasteiger partial charge on any atom is 0.338 e. The number of hydrogen-bond acceptors (Lipinski definition) is 10. The molecule has 0 aromatic rings. The molecule has 0 radical (unpaired) electrons. The van der Waals surface area contributed by atoms with E-state index in [9.17, 15) is 24.9 Å². The minimum Gasteiger partial charge on any atom is -0.450 e. The van der Waals surface area contributed by atoms with Crippen molar-refractivity contribution in [2.75, 3.05) is 13.2 Å². The van der Waals surface area contributed by atoms with Crippen molar-refractivity contribution in [1.29, 1.82) is 0 Å². The van der Waals surface area contributed by atoms with Crippen LogP contribution in [0.15, 0.2) is 0 Å². The molecule has 0 heterocycles. The molecule has 0 amide bonds. The predicted octanol–water partition coefficient (Wildman–Crippen LogP) is -5.11. The molecule has 20 heavy (non-hydrogen) atoms. The summed E-state index contributed by atoms with van der Waals surface area (Å²) in [6.07, 6.45) is -11.9. The van der Waals surface area contributed by atoms with Crippen LogP contribution in [0.3, 0.4) is 0 Å². The smallest absolute Gasteiger partial charge is 0.338 e. The first-order valence-corrected chi connectivity index (χ1v) is 5.57. The molecule has 0 aliphatic rings. The first kappa shape index (κ1) is 18.9. The van der Waals surface area contributed by atoms with Crippen molar-refractivity contribution in [3.8, 4) is 0 Å². The van der Waals surface area contributed by atoms with E-state index < -0.39 is 55.8 Å². The van der Waals surface area contributed by atoms with E-state index in [-0.39, 0.29) is 6.29 Å². The van der Waals surface area contributed by atoms with Crippen LogP contribution in [0.1, 0.15) is 0 Å². The van der Waals surface area contributed by atoms with Crippen LogP contribution in [0, 0.1) is 0 Å². The number of ether oxygens (including phenoxy) is 1. The van der Waals surface area contributed by atoms with Gasteiger partial charge in [-0.3, -0.25) is 4.79 Å². The van der Waals surface area contributed by atoms with Crippen LogP contribution in [-0.2, 0) is 14.3 Å². The number of hydrogen-bond donors (Lipinski definition) is 7. The average molecular weight is 298 g/mol. The van der Waals surface area contributed by atoms with E-state index in [1.165, 1.54) is 0 Å². The van der Waals surface area contributed by atoms with Crippen LogP contribution >= 0.6 is 0 Å². The standard InChI is InChI=1S/C10H18O10/c11-1-4(14)6(3-13)20-10(19)9(18)8(17)7(16)5(15)2-12/h3-9,11-12,14-18H,1-2H2/t4-,5-,6+,7+,8+,9-/m1/s1. The lowest BCUT2D eigenvalue weighted by Gasteiger charge is -2.25. The van der Waals surface area contributed by atoms with Crippen molar-refractivity contribution >= 4 is 12.3 Å². The summed E-state index contributed by atoms with van der Waals surface area (Å²) in [7, 11) is 0. The fourth-order valence-corrected chi connectivity index (χ4v) is 1.17. The zero-order chi connectivity index (χ0) is 15.9. The molecular formula is C10H18O10. The Labute approximate surface area is 113 Å². The largest absolute Gasteiger partial charge is 0.450 e. The van der Waals surface area contributed by atoms with Gasteiger partial charge in [0.1, 0.15) is 24.4 Å². The highest BCUT2D eigenvalue weighted by molar-refractivity contribution is 5.77. The second-order valence-corrected chi connectivity index (χ2v) is 3.96. The quantitative estimate of drug-likeness (QED) is 0.160. The van der Waals surface area contributed by atoms with Crippen molar-refractivity contribution in [3.05, 3.63) is 0 Å². The van der Waals surface area contributed by atoms with E-state index in [0.29, 0.717) is 0 Å². The molecule has 0 bridgehead atoms. The Bertz CT molecular complexity index is 308. The Morgan fingerprint density at radius 2 is 1.45 bits per heavy atom. The molecule has 0 aliphatic carbocycles. The lowest BCUT2D eigenvalue weighted by atomic mass is 10.0. The van der Waals surface area contributed by atoms with Gasteiger partial charge in [0, 0.05) is 0 Å². The third-order valence-electron chi connectivity index (χ3n) is 2.45. The summed E-state index contributed by atoms with van der Waals surface area (Å²) >= 11 is 0. The summed E-state index contributed by atoms with van der Waals surface area (Å²) in [5.41, 5.74) is 0. The molecule has 7 N–H and O–H groups in total. The van der Waals surface area contributed by atoms with Crippen molar-refractivity contribution in [3.63, 3.8) is 0 Å². The normalized spacial score (nSPS) is 20.4. The summed E-state index contributed by atoms with van der Waals surface area (Å²) in [6, 6.07) is 0. The third kappa shape index (κ3) is 5.09. The number of aldehydes is 1. The topological polar surface area (TPSA) is 185 Å². The van der Waals surface area contributed by atoms with Gasteiger partial charge in [0.25, 0.3) is 0 Å². The van der Waals surface area contributed by atoms with Gasteiger partial charge in [-0.25, -0.2) is 4.79 Å². The number of carbonyl (C=O) groups excluding carboxylic acids is 2. The Kier molecular flexibility index (Phi) is 8.41. The molecule has 10 heteroatoms. The number of esters is 1. The Balaban J connectivity index is 4.64. The van der Waals surface area contributed by atoms with Gasteiger partial charge >= 0.3 is 5.97 Å². The molecule has 0 saturated heterocycles. The molecule has 0 spiro atoms. The molecule has 0 unspecified atom stereocenters. The lowest BCUT2D eigenvalue weighted by molar-refractivity contribution is -0.181. The van der Waals surface area contributed by atoms with E-state index >= 15 is 0 Å². The summed E-state index contributed by atoms with van der Waals surface area (Å²) in [4.78, 5) is 21.9. The monoisotopic (exact) mass is 298 g/mol. The van der Waals surface area contributed by atoms with Crippen molar-refractivity contribution < 1.29 is 50.1 Å². The zero-order valence-electron chi connectivity index (χ0n) is 10.3. The molecule has 0 aliphatic heterocycles. The van der Waals surface area contributed by atoms with Crippen LogP contribution in [0.2, 0.25) is 0 Å². The molecule has 0 rings (SSSR count). The second-order valence-electron chi connectivity index (χ2n) is 3.96. The van der Waals surface area contributed by atoms with Crippen LogP contribution in [0.5, 0.6) is 0 Å². The van der Waals surface area contributed by atoms with Crippen LogP contribution < -0.4 is 0 Å². The predicted molar refractivity (Wildman–Crippen MR) is 60.1 cm³/mol. The first-order chi connectivity index (χ1) is 9.29. The maximum atomic E-state index is 11.4. The van der Waals surface area contributed by atoms with E-state index in [2.05, 4.69) is 4.74 Å². The molecule has 0 saturated carbocycles. The van der Waals surface area contributed by atoms with Crippen molar-refractivity contribution in [2.24, 2.45) is 0 Å². The average Bonchev–Trinajstić information content (AvgIpc) is 2.48. The van der Waals surface area contributed by atoms with E-state index in [1.54, 1.807) is 0 Å². The number of aliphatic hydroxyl groups is 7. The zero-order valence-corrected chi connectivity index (χ0v) is 10.3. The molecular weight excluding hydrogens is 280 g/mol. The highest BCUT2D eigenvalue weighted by atomic mass is 16.6. The van der Waals surface area contributed by atoms with E-state index in [1.807, 2.05) is 0 Å². The Morgan fingerprint density at radius 1 is 0.950 bits per heavy atom. The van der Waals surface area contributed by atoms with Crippen LogP contribution in [0.4, 0.5) is 0 Å². The van der Waals surface area contributed by atoms with Crippen molar-refractivity contribution in [1.82, 2.24) is 0 Å². The SMILES string of the molecule is O=C[C@H](OC(=O)[C@H](O)[C@@H](O)[C@@H](O)[C@H](O)CO)[C@H](O)CO. The summed E-state index contributed by atoms with van der Waals surface area (Å²) in [5.74, 6) is -1.56. The van der Waals surface area contributed by atoms with Gasteiger partial charge in [-0.2, -0.15) is 0 Å². The van der Waals surface area contributed by atoms with Gasteiger partial charge in [0.2, 0.25) is 0 Å². The number of rotatable bonds is 9. The van der Waals surface area contributed by atoms with Gasteiger partial charge < -0.3 is 40.5 Å². The van der Waals surface area contributed by atoms with E-state index in [4.69, 9.17) is 20.4 Å². The molecule has 0 fully saturated rings. The van der Waals surface area contributed by atoms with Gasteiger partial charge in [-0.15, -0.1) is 0 Å². The second kappa shape index (κ2) is 8.92. The van der Waals surface area contributed by atoms with Gasteiger partial charge in [-0.1, -0.05) is 0 Å². The third-order valence-corrected chi connectivity index (χ3v) is 2.45. The fourth-order valence-electron chi connectivity index (χ4n) is 1.17. The summed E-state index contributed by atoms with van der Waals surface area (Å²) in [6.45, 7) is -1.82. The highest BCUT2D eigenvalue weighted by Crippen LogP contribution is 2.08. The molecule has 118 valence electrons. The summed E-state index contributed by atoms with van der Waals surface area (Å²) in [5, 5.41) is 63.2. The van der Waals surface area contributed by atoms with Gasteiger partial charge in [-0.05, 0) is 0 Å². The molecule has 0 aromatic heterocycles. The molecule has 6 atom stereocenters. The van der Waals surface area contributed by atoms with Crippen LogP contribution in [-0.4, -0.2) is 97.8 Å². The first-order valence-electron chi connectivity index (χ1n) is 5.57. The number of carbonyl (C=O) groups is 2. The highest BCUT2D eigenvalue weighted by Gasteiger charge is 2.36.